The molecular formula is C12H17FN2O2. The van der Waals surface area contributed by atoms with Gasteiger partial charge in [-0.15, -0.1) is 0 Å². The van der Waals surface area contributed by atoms with Crippen molar-refractivity contribution in [3.8, 4) is 0 Å². The predicted molar refractivity (Wildman–Crippen MR) is 64.1 cm³/mol. The van der Waals surface area contributed by atoms with E-state index < -0.39 is 11.9 Å². The lowest BCUT2D eigenvalue weighted by molar-refractivity contribution is 0.0770. The predicted octanol–water partition coefficient (Wildman–Crippen LogP) is 1.25. The van der Waals surface area contributed by atoms with Gasteiger partial charge in [0.15, 0.2) is 0 Å². The van der Waals surface area contributed by atoms with Gasteiger partial charge in [0, 0.05) is 19.3 Å². The molecule has 17 heavy (non-hydrogen) atoms. The summed E-state index contributed by atoms with van der Waals surface area (Å²) in [5, 5.41) is 9.13. The molecule has 0 radical (unpaired) electrons. The Morgan fingerprint density at radius 1 is 1.59 bits per heavy atom. The number of aliphatic hydroxyl groups excluding tert-OH is 1. The van der Waals surface area contributed by atoms with Crippen LogP contribution in [0.2, 0.25) is 0 Å². The number of hydrogen-bond donors (Lipinski definition) is 2. The first-order valence-corrected chi connectivity index (χ1v) is 5.40. The van der Waals surface area contributed by atoms with Crippen LogP contribution in [0, 0.1) is 5.82 Å². The molecule has 0 aliphatic rings. The topological polar surface area (TPSA) is 66.6 Å². The Hall–Kier alpha value is -1.62. The largest absolute Gasteiger partial charge is 0.398 e. The van der Waals surface area contributed by atoms with Gasteiger partial charge in [0.1, 0.15) is 5.82 Å². The average Bonchev–Trinajstić information content (AvgIpc) is 2.25. The van der Waals surface area contributed by atoms with Crippen LogP contribution in [0.15, 0.2) is 18.2 Å². The number of aliphatic hydroxyl groups is 1. The lowest BCUT2D eigenvalue weighted by Gasteiger charge is -2.18. The zero-order chi connectivity index (χ0) is 13.0. The number of carbonyl (C=O) groups is 1. The number of benzene rings is 1. The Morgan fingerprint density at radius 2 is 2.24 bits per heavy atom. The fourth-order valence-corrected chi connectivity index (χ4v) is 1.42. The number of halogens is 1. The number of hydrogen-bond acceptors (Lipinski definition) is 3. The second kappa shape index (κ2) is 5.63. The quantitative estimate of drug-likeness (QED) is 0.778. The van der Waals surface area contributed by atoms with Crippen molar-refractivity contribution in [2.75, 3.05) is 19.3 Å². The van der Waals surface area contributed by atoms with Crippen LogP contribution in [-0.2, 0) is 0 Å². The van der Waals surface area contributed by atoms with Crippen LogP contribution >= 0.6 is 0 Å². The van der Waals surface area contributed by atoms with Crippen LogP contribution in [0.3, 0.4) is 0 Å². The molecule has 0 fully saturated rings. The highest BCUT2D eigenvalue weighted by atomic mass is 19.1. The normalized spacial score (nSPS) is 12.2. The molecule has 1 aromatic carbocycles. The molecule has 0 saturated heterocycles. The highest BCUT2D eigenvalue weighted by Crippen LogP contribution is 2.15. The molecule has 0 bridgehead atoms. The van der Waals surface area contributed by atoms with Gasteiger partial charge in [-0.2, -0.15) is 0 Å². The van der Waals surface area contributed by atoms with E-state index >= 15 is 0 Å². The summed E-state index contributed by atoms with van der Waals surface area (Å²) in [6, 6.07) is 3.69. The Kier molecular flexibility index (Phi) is 4.45. The Balaban J connectivity index is 2.75. The number of nitrogen functional groups attached to an aromatic ring is 1. The van der Waals surface area contributed by atoms with E-state index in [2.05, 4.69) is 0 Å². The van der Waals surface area contributed by atoms with Gasteiger partial charge in [-0.3, -0.25) is 4.79 Å². The van der Waals surface area contributed by atoms with Crippen molar-refractivity contribution in [2.45, 2.75) is 19.4 Å². The number of rotatable bonds is 4. The molecule has 1 atom stereocenters. The van der Waals surface area contributed by atoms with E-state index in [0.29, 0.717) is 13.0 Å². The van der Waals surface area contributed by atoms with Crippen LogP contribution in [0.1, 0.15) is 23.7 Å². The molecule has 0 aliphatic carbocycles. The minimum absolute atomic E-state index is 0.124. The lowest BCUT2D eigenvalue weighted by Crippen LogP contribution is -2.30. The molecule has 1 aromatic rings. The standard InChI is InChI=1S/C12H17FN2O2/c1-8(16)5-6-15(2)12(17)10-4-3-9(13)7-11(10)14/h3-4,7-8,16H,5-6,14H2,1-2H3. The number of carbonyl (C=O) groups excluding carboxylic acids is 1. The number of anilines is 1. The summed E-state index contributed by atoms with van der Waals surface area (Å²) in [5.74, 6) is -0.742. The zero-order valence-corrected chi connectivity index (χ0v) is 9.98. The van der Waals surface area contributed by atoms with Gasteiger partial charge in [-0.05, 0) is 31.5 Å². The lowest BCUT2D eigenvalue weighted by atomic mass is 10.1. The van der Waals surface area contributed by atoms with Gasteiger partial charge in [0.25, 0.3) is 5.91 Å². The maximum absolute atomic E-state index is 12.8. The number of amides is 1. The van der Waals surface area contributed by atoms with Crippen molar-refractivity contribution in [2.24, 2.45) is 0 Å². The van der Waals surface area contributed by atoms with Crippen molar-refractivity contribution in [1.29, 1.82) is 0 Å². The van der Waals surface area contributed by atoms with E-state index in [1.165, 1.54) is 17.0 Å². The van der Waals surface area contributed by atoms with Gasteiger partial charge in [0.2, 0.25) is 0 Å². The van der Waals surface area contributed by atoms with Crippen molar-refractivity contribution in [3.63, 3.8) is 0 Å². The van der Waals surface area contributed by atoms with Gasteiger partial charge in [0.05, 0.1) is 11.7 Å². The summed E-state index contributed by atoms with van der Waals surface area (Å²) in [6.45, 7) is 2.08. The summed E-state index contributed by atoms with van der Waals surface area (Å²) >= 11 is 0. The van der Waals surface area contributed by atoms with Gasteiger partial charge >= 0.3 is 0 Å². The van der Waals surface area contributed by atoms with E-state index in [0.717, 1.165) is 6.07 Å². The van der Waals surface area contributed by atoms with Gasteiger partial charge in [-0.1, -0.05) is 0 Å². The van der Waals surface area contributed by atoms with Crippen molar-refractivity contribution in [3.05, 3.63) is 29.6 Å². The maximum Gasteiger partial charge on any atom is 0.255 e. The maximum atomic E-state index is 12.8. The fourth-order valence-electron chi connectivity index (χ4n) is 1.42. The third kappa shape index (κ3) is 3.71. The third-order valence-electron chi connectivity index (χ3n) is 2.47. The second-order valence-electron chi connectivity index (χ2n) is 4.10. The molecule has 0 saturated carbocycles. The molecule has 0 aromatic heterocycles. The highest BCUT2D eigenvalue weighted by Gasteiger charge is 2.15. The van der Waals surface area contributed by atoms with Crippen LogP contribution in [0.4, 0.5) is 10.1 Å². The number of nitrogens with zero attached hydrogens (tertiary/aromatic N) is 1. The molecule has 0 spiro atoms. The second-order valence-corrected chi connectivity index (χ2v) is 4.10. The third-order valence-corrected chi connectivity index (χ3v) is 2.47. The van der Waals surface area contributed by atoms with Crippen molar-refractivity contribution in [1.82, 2.24) is 4.90 Å². The SMILES string of the molecule is CC(O)CCN(C)C(=O)c1ccc(F)cc1N. The molecule has 0 heterocycles. The van der Waals surface area contributed by atoms with Crippen LogP contribution in [-0.4, -0.2) is 35.6 Å². The minimum Gasteiger partial charge on any atom is -0.398 e. The fraction of sp³-hybridized carbons (Fsp3) is 0.417. The smallest absolute Gasteiger partial charge is 0.255 e. The molecule has 4 nitrogen and oxygen atoms in total. The molecule has 3 N–H and O–H groups in total. The Bertz CT molecular complexity index is 407. The Labute approximate surface area is 99.8 Å². The van der Waals surface area contributed by atoms with Crippen LogP contribution in [0.25, 0.3) is 0 Å². The molecule has 1 unspecified atom stereocenters. The summed E-state index contributed by atoms with van der Waals surface area (Å²) in [6.07, 6.45) is 0.0272. The van der Waals surface area contributed by atoms with Gasteiger partial charge in [-0.25, -0.2) is 4.39 Å². The van der Waals surface area contributed by atoms with Crippen molar-refractivity contribution < 1.29 is 14.3 Å². The first-order chi connectivity index (χ1) is 7.91. The summed E-state index contributed by atoms with van der Waals surface area (Å²) in [4.78, 5) is 13.4. The van der Waals surface area contributed by atoms with Crippen molar-refractivity contribution >= 4 is 11.6 Å². The minimum atomic E-state index is -0.467. The average molecular weight is 240 g/mol. The number of nitrogens with two attached hydrogens (primary N) is 1. The monoisotopic (exact) mass is 240 g/mol. The molecular weight excluding hydrogens is 223 g/mol. The van der Waals surface area contributed by atoms with E-state index in [9.17, 15) is 9.18 Å². The van der Waals surface area contributed by atoms with E-state index in [4.69, 9.17) is 10.8 Å². The van der Waals surface area contributed by atoms with Crippen LogP contribution < -0.4 is 5.73 Å². The molecule has 5 heteroatoms. The molecule has 1 rings (SSSR count). The van der Waals surface area contributed by atoms with Crippen LogP contribution in [0.5, 0.6) is 0 Å². The summed E-state index contributed by atoms with van der Waals surface area (Å²) < 4.78 is 12.8. The van der Waals surface area contributed by atoms with E-state index in [1.54, 1.807) is 14.0 Å². The summed E-state index contributed by atoms with van der Waals surface area (Å²) in [5.41, 5.74) is 5.98. The Morgan fingerprint density at radius 3 is 2.76 bits per heavy atom. The summed E-state index contributed by atoms with van der Waals surface area (Å²) in [7, 11) is 1.62. The van der Waals surface area contributed by atoms with E-state index in [-0.39, 0.29) is 17.2 Å². The zero-order valence-electron chi connectivity index (χ0n) is 9.98. The first-order valence-electron chi connectivity index (χ1n) is 5.40. The molecule has 0 aliphatic heterocycles. The van der Waals surface area contributed by atoms with E-state index in [1.807, 2.05) is 0 Å². The first kappa shape index (κ1) is 13.4. The van der Waals surface area contributed by atoms with Gasteiger partial charge < -0.3 is 15.7 Å². The molecule has 1 amide bonds. The highest BCUT2D eigenvalue weighted by molar-refractivity contribution is 5.98. The molecule has 94 valence electrons.